The Morgan fingerprint density at radius 2 is 2.00 bits per heavy atom. The Kier molecular flexibility index (Phi) is 2.24. The second-order valence-electron chi connectivity index (χ2n) is 2.49. The van der Waals surface area contributed by atoms with Crippen LogP contribution in [0.3, 0.4) is 0 Å². The molecule has 0 aliphatic heterocycles. The van der Waals surface area contributed by atoms with Gasteiger partial charge in [0.1, 0.15) is 5.69 Å². The van der Waals surface area contributed by atoms with Gasteiger partial charge in [-0.15, -0.1) is 0 Å². The zero-order valence-corrected chi connectivity index (χ0v) is 7.69. The highest BCUT2D eigenvalue weighted by Gasteiger charge is 2.01. The van der Waals surface area contributed by atoms with Gasteiger partial charge in [0, 0.05) is 18.5 Å². The van der Waals surface area contributed by atoms with Gasteiger partial charge in [0.2, 0.25) is 5.28 Å². The lowest BCUT2D eigenvalue weighted by Gasteiger charge is -1.97. The Morgan fingerprint density at radius 3 is 2.71 bits per heavy atom. The van der Waals surface area contributed by atoms with Crippen molar-refractivity contribution in [1.82, 2.24) is 19.9 Å². The zero-order valence-electron chi connectivity index (χ0n) is 6.94. The lowest BCUT2D eigenvalue weighted by atomic mass is 10.4. The average Bonchev–Trinajstić information content (AvgIpc) is 2.18. The first-order valence-corrected chi connectivity index (χ1v) is 4.18. The molecule has 2 aromatic heterocycles. The van der Waals surface area contributed by atoms with Crippen molar-refractivity contribution in [2.24, 2.45) is 0 Å². The second-order valence-corrected chi connectivity index (χ2v) is 2.83. The van der Waals surface area contributed by atoms with E-state index in [1.54, 1.807) is 6.07 Å². The van der Waals surface area contributed by atoms with Crippen LogP contribution in [0.1, 0.15) is 0 Å². The number of H-pyrrole nitrogens is 1. The summed E-state index contributed by atoms with van der Waals surface area (Å²) < 4.78 is 0. The van der Waals surface area contributed by atoms with Gasteiger partial charge in [-0.05, 0) is 17.7 Å². The Balaban J connectivity index is 2.55. The molecular formula is C8H5ClN4O. The van der Waals surface area contributed by atoms with Crippen molar-refractivity contribution in [3.63, 3.8) is 0 Å². The molecule has 0 bridgehead atoms. The van der Waals surface area contributed by atoms with Gasteiger partial charge in [0.15, 0.2) is 5.82 Å². The van der Waals surface area contributed by atoms with Gasteiger partial charge in [-0.2, -0.15) is 0 Å². The summed E-state index contributed by atoms with van der Waals surface area (Å²) in [5.41, 5.74) is 0.257. The topological polar surface area (TPSA) is 71.5 Å². The van der Waals surface area contributed by atoms with E-state index in [2.05, 4.69) is 19.9 Å². The van der Waals surface area contributed by atoms with E-state index in [1.807, 2.05) is 0 Å². The molecule has 0 unspecified atom stereocenters. The van der Waals surface area contributed by atoms with Crippen molar-refractivity contribution in [3.8, 4) is 11.5 Å². The van der Waals surface area contributed by atoms with Crippen LogP contribution < -0.4 is 5.56 Å². The summed E-state index contributed by atoms with van der Waals surface area (Å²) in [5, 5.41) is 0.119. The van der Waals surface area contributed by atoms with E-state index < -0.39 is 0 Å². The fourth-order valence-electron chi connectivity index (χ4n) is 0.967. The standard InChI is InChI=1S/C8H5ClN4O/c9-8-11-3-1-5(12-8)7-10-4-2-6(14)13-7/h1-4H,(H,10,13,14). The molecule has 6 heteroatoms. The summed E-state index contributed by atoms with van der Waals surface area (Å²) in [6.07, 6.45) is 2.90. The number of rotatable bonds is 1. The second kappa shape index (κ2) is 3.55. The lowest BCUT2D eigenvalue weighted by molar-refractivity contribution is 1.08. The maximum Gasteiger partial charge on any atom is 0.251 e. The molecule has 2 heterocycles. The Hall–Kier alpha value is -1.75. The molecule has 0 amide bonds. The first-order chi connectivity index (χ1) is 6.75. The minimum atomic E-state index is -0.232. The number of hydrogen-bond acceptors (Lipinski definition) is 4. The van der Waals surface area contributed by atoms with E-state index in [9.17, 15) is 4.79 Å². The number of hydrogen-bond donors (Lipinski definition) is 1. The first kappa shape index (κ1) is 8.83. The average molecular weight is 209 g/mol. The predicted octanol–water partition coefficient (Wildman–Crippen LogP) is 0.880. The van der Waals surface area contributed by atoms with Gasteiger partial charge in [-0.1, -0.05) is 0 Å². The van der Waals surface area contributed by atoms with Crippen LogP contribution in [0.25, 0.3) is 11.5 Å². The number of aromatic amines is 1. The van der Waals surface area contributed by atoms with Gasteiger partial charge in [-0.3, -0.25) is 4.79 Å². The minimum Gasteiger partial charge on any atom is -0.305 e. The van der Waals surface area contributed by atoms with E-state index in [0.717, 1.165) is 0 Å². The fourth-order valence-corrected chi connectivity index (χ4v) is 1.11. The molecule has 0 spiro atoms. The molecule has 5 nitrogen and oxygen atoms in total. The molecule has 0 radical (unpaired) electrons. The third kappa shape index (κ3) is 1.77. The molecule has 0 atom stereocenters. The van der Waals surface area contributed by atoms with E-state index in [-0.39, 0.29) is 10.8 Å². The Labute approximate surface area is 83.8 Å². The molecule has 1 N–H and O–H groups in total. The maximum atomic E-state index is 11.0. The summed E-state index contributed by atoms with van der Waals surface area (Å²) in [4.78, 5) is 25.1. The maximum absolute atomic E-state index is 11.0. The predicted molar refractivity (Wildman–Crippen MR) is 50.9 cm³/mol. The van der Waals surface area contributed by atoms with Crippen LogP contribution in [-0.2, 0) is 0 Å². The van der Waals surface area contributed by atoms with Crippen LogP contribution in [-0.4, -0.2) is 19.9 Å². The number of nitrogens with one attached hydrogen (secondary N) is 1. The molecule has 2 aromatic rings. The Bertz CT molecular complexity index is 510. The Morgan fingerprint density at radius 1 is 1.21 bits per heavy atom. The number of nitrogens with zero attached hydrogens (tertiary/aromatic N) is 3. The molecule has 0 aromatic carbocycles. The van der Waals surface area contributed by atoms with Crippen molar-refractivity contribution in [3.05, 3.63) is 40.2 Å². The summed E-state index contributed by atoms with van der Waals surface area (Å²) in [7, 11) is 0. The fraction of sp³-hybridized carbons (Fsp3) is 0. The van der Waals surface area contributed by atoms with Crippen molar-refractivity contribution in [2.45, 2.75) is 0 Å². The summed E-state index contributed by atoms with van der Waals surface area (Å²) in [6.45, 7) is 0. The first-order valence-electron chi connectivity index (χ1n) is 3.80. The van der Waals surface area contributed by atoms with Gasteiger partial charge in [0.25, 0.3) is 5.56 Å². The molecule has 2 rings (SSSR count). The molecule has 0 fully saturated rings. The third-order valence-electron chi connectivity index (χ3n) is 1.54. The van der Waals surface area contributed by atoms with Gasteiger partial charge < -0.3 is 4.98 Å². The highest BCUT2D eigenvalue weighted by molar-refractivity contribution is 6.28. The van der Waals surface area contributed by atoms with Crippen LogP contribution in [0.4, 0.5) is 0 Å². The molecule has 14 heavy (non-hydrogen) atoms. The largest absolute Gasteiger partial charge is 0.305 e. The van der Waals surface area contributed by atoms with Crippen molar-refractivity contribution >= 4 is 11.6 Å². The van der Waals surface area contributed by atoms with Crippen LogP contribution in [0.2, 0.25) is 5.28 Å². The molecule has 70 valence electrons. The van der Waals surface area contributed by atoms with Crippen molar-refractivity contribution in [2.75, 3.05) is 0 Å². The SMILES string of the molecule is O=c1ccnc(-c2ccnc(Cl)n2)[nH]1. The van der Waals surface area contributed by atoms with Crippen molar-refractivity contribution in [1.29, 1.82) is 0 Å². The lowest BCUT2D eigenvalue weighted by Crippen LogP contribution is -2.06. The quantitative estimate of drug-likeness (QED) is 0.707. The summed E-state index contributed by atoms with van der Waals surface area (Å²) in [5.74, 6) is 0.377. The number of halogens is 1. The van der Waals surface area contributed by atoms with Gasteiger partial charge >= 0.3 is 0 Å². The highest BCUT2D eigenvalue weighted by Crippen LogP contribution is 2.10. The van der Waals surface area contributed by atoms with Crippen LogP contribution in [0.15, 0.2) is 29.3 Å². The molecule has 0 aliphatic carbocycles. The van der Waals surface area contributed by atoms with Crippen LogP contribution in [0.5, 0.6) is 0 Å². The van der Waals surface area contributed by atoms with Gasteiger partial charge in [-0.25, -0.2) is 15.0 Å². The molecular weight excluding hydrogens is 204 g/mol. The monoisotopic (exact) mass is 208 g/mol. The van der Waals surface area contributed by atoms with Crippen LogP contribution >= 0.6 is 11.6 Å². The molecule has 0 saturated carbocycles. The normalized spacial score (nSPS) is 10.1. The van der Waals surface area contributed by atoms with Gasteiger partial charge in [0.05, 0.1) is 0 Å². The number of aromatic nitrogens is 4. The zero-order chi connectivity index (χ0) is 9.97. The molecule has 0 saturated heterocycles. The summed E-state index contributed by atoms with van der Waals surface area (Å²) >= 11 is 5.59. The molecule has 0 aliphatic rings. The van der Waals surface area contributed by atoms with E-state index in [1.165, 1.54) is 18.5 Å². The van der Waals surface area contributed by atoms with Crippen LogP contribution in [0, 0.1) is 0 Å². The van der Waals surface area contributed by atoms with E-state index in [0.29, 0.717) is 11.5 Å². The third-order valence-corrected chi connectivity index (χ3v) is 1.72. The van der Waals surface area contributed by atoms with E-state index >= 15 is 0 Å². The summed E-state index contributed by atoms with van der Waals surface area (Å²) in [6, 6.07) is 2.94. The minimum absolute atomic E-state index is 0.119. The van der Waals surface area contributed by atoms with E-state index in [4.69, 9.17) is 11.6 Å². The smallest absolute Gasteiger partial charge is 0.251 e. The highest BCUT2D eigenvalue weighted by atomic mass is 35.5. The van der Waals surface area contributed by atoms with Crippen molar-refractivity contribution < 1.29 is 0 Å².